The lowest BCUT2D eigenvalue weighted by Gasteiger charge is -2.17. The van der Waals surface area contributed by atoms with E-state index in [1.165, 1.54) is 17.3 Å². The lowest BCUT2D eigenvalue weighted by atomic mass is 9.99. The summed E-state index contributed by atoms with van der Waals surface area (Å²) in [4.78, 5) is 1.57. The Labute approximate surface area is 118 Å². The molecule has 0 radical (unpaired) electrons. The van der Waals surface area contributed by atoms with E-state index in [0.717, 1.165) is 26.5 Å². The Morgan fingerprint density at radius 3 is 2.00 bits per heavy atom. The molecule has 0 fully saturated rings. The van der Waals surface area contributed by atoms with Crippen molar-refractivity contribution >= 4 is 11.8 Å². The Hall–Kier alpha value is -1.61. The van der Waals surface area contributed by atoms with E-state index >= 15 is 0 Å². The Balaban J connectivity index is 2.56. The van der Waals surface area contributed by atoms with Gasteiger partial charge in [-0.3, -0.25) is 0 Å². The van der Waals surface area contributed by atoms with Gasteiger partial charge in [0, 0.05) is 0 Å². The largest absolute Gasteiger partial charge is 0.507 e. The zero-order valence-corrected chi connectivity index (χ0v) is 12.4. The molecule has 100 valence electrons. The average molecular weight is 274 g/mol. The van der Waals surface area contributed by atoms with Gasteiger partial charge in [-0.1, -0.05) is 23.9 Å². The molecule has 0 atom stereocenters. The van der Waals surface area contributed by atoms with E-state index in [0.29, 0.717) is 5.75 Å². The molecule has 0 bridgehead atoms. The summed E-state index contributed by atoms with van der Waals surface area (Å²) in [6.07, 6.45) is 0. The highest BCUT2D eigenvalue weighted by Crippen LogP contribution is 2.44. The van der Waals surface area contributed by atoms with Gasteiger partial charge in [0.05, 0.1) is 9.79 Å². The van der Waals surface area contributed by atoms with Crippen LogP contribution in [0, 0.1) is 27.7 Å². The molecule has 0 aromatic heterocycles. The van der Waals surface area contributed by atoms with Crippen LogP contribution >= 0.6 is 11.8 Å². The summed E-state index contributed by atoms with van der Waals surface area (Å²) < 4.78 is 0. The highest BCUT2D eigenvalue weighted by molar-refractivity contribution is 7.99. The minimum atomic E-state index is 0.238. The van der Waals surface area contributed by atoms with Gasteiger partial charge in [0.1, 0.15) is 11.5 Å². The molecule has 0 amide bonds. The van der Waals surface area contributed by atoms with Gasteiger partial charge in [0.15, 0.2) is 0 Å². The number of hydrogen-bond donors (Lipinski definition) is 2. The molecular weight excluding hydrogens is 256 g/mol. The smallest absolute Gasteiger partial charge is 0.132 e. The molecule has 19 heavy (non-hydrogen) atoms. The van der Waals surface area contributed by atoms with Gasteiger partial charge < -0.3 is 10.2 Å². The van der Waals surface area contributed by atoms with Crippen molar-refractivity contribution in [2.45, 2.75) is 37.5 Å². The fourth-order valence-corrected chi connectivity index (χ4v) is 3.13. The van der Waals surface area contributed by atoms with Crippen LogP contribution in [0.5, 0.6) is 11.5 Å². The SMILES string of the molecule is Cc1c(C)c(C)c(Sc2ccccc2O)c(O)c1C. The van der Waals surface area contributed by atoms with Crippen molar-refractivity contribution < 1.29 is 10.2 Å². The summed E-state index contributed by atoms with van der Waals surface area (Å²) in [6, 6.07) is 7.17. The molecule has 0 saturated carbocycles. The molecule has 2 aromatic rings. The van der Waals surface area contributed by atoms with Crippen LogP contribution in [0.25, 0.3) is 0 Å². The number of phenolic OH excluding ortho intramolecular Hbond substituents is 2. The Morgan fingerprint density at radius 1 is 0.789 bits per heavy atom. The molecule has 2 rings (SSSR count). The second kappa shape index (κ2) is 5.17. The summed E-state index contributed by atoms with van der Waals surface area (Å²) in [5.74, 6) is 0.552. The van der Waals surface area contributed by atoms with Gasteiger partial charge >= 0.3 is 0 Å². The first kappa shape index (κ1) is 13.8. The monoisotopic (exact) mass is 274 g/mol. The number of para-hydroxylation sites is 1. The molecule has 0 aliphatic carbocycles. The third kappa shape index (κ3) is 2.43. The van der Waals surface area contributed by atoms with E-state index in [1.54, 1.807) is 12.1 Å². The van der Waals surface area contributed by atoms with E-state index in [1.807, 2.05) is 32.9 Å². The highest BCUT2D eigenvalue weighted by Gasteiger charge is 2.16. The first-order valence-electron chi connectivity index (χ1n) is 6.18. The third-order valence-electron chi connectivity index (χ3n) is 3.68. The molecular formula is C16H18O2S. The van der Waals surface area contributed by atoms with Crippen LogP contribution in [0.1, 0.15) is 22.3 Å². The summed E-state index contributed by atoms with van der Waals surface area (Å²) in [5, 5.41) is 20.2. The van der Waals surface area contributed by atoms with Gasteiger partial charge in [-0.05, 0) is 62.1 Å². The van der Waals surface area contributed by atoms with Crippen LogP contribution in [0.3, 0.4) is 0 Å². The molecule has 3 heteroatoms. The maximum absolute atomic E-state index is 10.3. The van der Waals surface area contributed by atoms with E-state index in [4.69, 9.17) is 0 Å². The van der Waals surface area contributed by atoms with Crippen molar-refractivity contribution in [2.75, 3.05) is 0 Å². The Kier molecular flexibility index (Phi) is 3.76. The van der Waals surface area contributed by atoms with Crippen molar-refractivity contribution in [1.29, 1.82) is 0 Å². The van der Waals surface area contributed by atoms with E-state index in [2.05, 4.69) is 6.92 Å². The van der Waals surface area contributed by atoms with Crippen LogP contribution in [-0.4, -0.2) is 10.2 Å². The molecule has 0 aliphatic heterocycles. The summed E-state index contributed by atoms with van der Waals surface area (Å²) in [7, 11) is 0. The number of hydrogen-bond acceptors (Lipinski definition) is 3. The van der Waals surface area contributed by atoms with Gasteiger partial charge in [0.25, 0.3) is 0 Å². The number of phenols is 2. The molecule has 0 saturated heterocycles. The lowest BCUT2D eigenvalue weighted by Crippen LogP contribution is -1.95. The zero-order valence-electron chi connectivity index (χ0n) is 11.6. The molecule has 0 heterocycles. The molecule has 2 aromatic carbocycles. The van der Waals surface area contributed by atoms with Crippen molar-refractivity contribution in [2.24, 2.45) is 0 Å². The second-order valence-corrected chi connectivity index (χ2v) is 5.80. The summed E-state index contributed by atoms with van der Waals surface area (Å²) >= 11 is 1.40. The number of rotatable bonds is 2. The topological polar surface area (TPSA) is 40.5 Å². The van der Waals surface area contributed by atoms with Crippen LogP contribution in [0.4, 0.5) is 0 Å². The Bertz CT molecular complexity index is 604. The molecule has 2 nitrogen and oxygen atoms in total. The van der Waals surface area contributed by atoms with E-state index in [9.17, 15) is 10.2 Å². The number of benzene rings is 2. The lowest BCUT2D eigenvalue weighted by molar-refractivity contribution is 0.455. The predicted octanol–water partition coefficient (Wildman–Crippen LogP) is 4.48. The first-order chi connectivity index (χ1) is 8.93. The quantitative estimate of drug-likeness (QED) is 0.848. The third-order valence-corrected chi connectivity index (χ3v) is 4.94. The molecule has 0 aliphatic rings. The van der Waals surface area contributed by atoms with Crippen LogP contribution in [0.2, 0.25) is 0 Å². The maximum atomic E-state index is 10.3. The van der Waals surface area contributed by atoms with Gasteiger partial charge in [-0.25, -0.2) is 0 Å². The van der Waals surface area contributed by atoms with Crippen molar-refractivity contribution in [3.8, 4) is 11.5 Å². The average Bonchev–Trinajstić information content (AvgIpc) is 2.41. The fourth-order valence-electron chi connectivity index (χ4n) is 2.04. The van der Waals surface area contributed by atoms with E-state index < -0.39 is 0 Å². The van der Waals surface area contributed by atoms with Crippen molar-refractivity contribution in [1.82, 2.24) is 0 Å². The van der Waals surface area contributed by atoms with Crippen LogP contribution in [-0.2, 0) is 0 Å². The predicted molar refractivity (Wildman–Crippen MR) is 79.3 cm³/mol. The van der Waals surface area contributed by atoms with Crippen molar-refractivity contribution in [3.63, 3.8) is 0 Å². The number of aromatic hydroxyl groups is 2. The molecule has 2 N–H and O–H groups in total. The first-order valence-corrected chi connectivity index (χ1v) is 7.00. The van der Waals surface area contributed by atoms with Crippen LogP contribution in [0.15, 0.2) is 34.1 Å². The summed E-state index contributed by atoms with van der Waals surface area (Å²) in [5.41, 5.74) is 4.28. The minimum Gasteiger partial charge on any atom is -0.507 e. The highest BCUT2D eigenvalue weighted by atomic mass is 32.2. The maximum Gasteiger partial charge on any atom is 0.132 e. The molecule has 0 unspecified atom stereocenters. The standard InChI is InChI=1S/C16H18O2S/c1-9-10(2)12(4)16(15(18)11(9)3)19-14-8-6-5-7-13(14)17/h5-8,17-18H,1-4H3. The molecule has 0 spiro atoms. The van der Waals surface area contributed by atoms with E-state index in [-0.39, 0.29) is 5.75 Å². The fraction of sp³-hybridized carbons (Fsp3) is 0.250. The van der Waals surface area contributed by atoms with Gasteiger partial charge in [-0.2, -0.15) is 0 Å². The summed E-state index contributed by atoms with van der Waals surface area (Å²) in [6.45, 7) is 8.01. The van der Waals surface area contributed by atoms with Crippen LogP contribution < -0.4 is 0 Å². The Morgan fingerprint density at radius 2 is 1.37 bits per heavy atom. The normalized spacial score (nSPS) is 10.7. The minimum absolute atomic E-state index is 0.238. The van der Waals surface area contributed by atoms with Crippen molar-refractivity contribution in [3.05, 3.63) is 46.5 Å². The second-order valence-electron chi connectivity index (χ2n) is 4.75. The van der Waals surface area contributed by atoms with Gasteiger partial charge in [-0.15, -0.1) is 0 Å². The zero-order chi connectivity index (χ0) is 14.2. The van der Waals surface area contributed by atoms with Gasteiger partial charge in [0.2, 0.25) is 0 Å².